The number of rotatable bonds is 4. The van der Waals surface area contributed by atoms with Gasteiger partial charge >= 0.3 is 5.97 Å². The first-order valence-electron chi connectivity index (χ1n) is 5.87. The first kappa shape index (κ1) is 11.4. The summed E-state index contributed by atoms with van der Waals surface area (Å²) in [5, 5.41) is 8.65. The van der Waals surface area contributed by atoms with Crippen molar-refractivity contribution >= 4 is 11.9 Å². The number of hydrogen-bond donors (Lipinski definition) is 1. The molecule has 0 spiro atoms. The fourth-order valence-electron chi connectivity index (χ4n) is 2.04. The van der Waals surface area contributed by atoms with Crippen LogP contribution < -0.4 is 0 Å². The zero-order valence-corrected chi connectivity index (χ0v) is 9.39. The van der Waals surface area contributed by atoms with E-state index in [0.717, 1.165) is 0 Å². The third kappa shape index (κ3) is 3.20. The highest BCUT2D eigenvalue weighted by atomic mass is 16.4. The van der Waals surface area contributed by atoms with Gasteiger partial charge in [0.1, 0.15) is 0 Å². The normalized spacial score (nSPS) is 22.1. The third-order valence-corrected chi connectivity index (χ3v) is 3.24. The number of amides is 1. The number of carboxylic acid groups (broad SMARTS) is 1. The van der Waals surface area contributed by atoms with Gasteiger partial charge in [0.15, 0.2) is 0 Å². The van der Waals surface area contributed by atoms with E-state index >= 15 is 0 Å². The molecule has 0 aromatic rings. The van der Waals surface area contributed by atoms with E-state index in [-0.39, 0.29) is 12.5 Å². The van der Waals surface area contributed by atoms with E-state index in [9.17, 15) is 9.59 Å². The first-order chi connectivity index (χ1) is 7.65. The fraction of sp³-hybridized carbons (Fsp3) is 0.818. The second kappa shape index (κ2) is 4.82. The molecule has 2 aliphatic rings. The number of carboxylic acids is 1. The number of carbonyl (C=O) groups excluding carboxylic acids is 1. The predicted molar refractivity (Wildman–Crippen MR) is 58.0 cm³/mol. The van der Waals surface area contributed by atoms with Gasteiger partial charge in [0, 0.05) is 32.6 Å². The zero-order chi connectivity index (χ0) is 11.5. The van der Waals surface area contributed by atoms with Crippen molar-refractivity contribution in [2.24, 2.45) is 5.92 Å². The molecule has 0 aromatic heterocycles. The second-order valence-corrected chi connectivity index (χ2v) is 4.70. The van der Waals surface area contributed by atoms with Crippen LogP contribution in [0.25, 0.3) is 0 Å². The number of hydrogen-bond acceptors (Lipinski definition) is 3. The van der Waals surface area contributed by atoms with E-state index in [1.54, 1.807) is 0 Å². The number of carbonyl (C=O) groups is 2. The number of aliphatic carboxylic acids is 1. The van der Waals surface area contributed by atoms with E-state index in [1.165, 1.54) is 12.8 Å². The Labute approximate surface area is 95.0 Å². The Bertz CT molecular complexity index is 281. The van der Waals surface area contributed by atoms with Gasteiger partial charge in [-0.3, -0.25) is 14.5 Å². The molecule has 1 saturated heterocycles. The van der Waals surface area contributed by atoms with Crippen LogP contribution in [0.2, 0.25) is 0 Å². The van der Waals surface area contributed by atoms with Gasteiger partial charge in [-0.15, -0.1) is 0 Å². The van der Waals surface area contributed by atoms with Gasteiger partial charge in [-0.05, 0) is 18.8 Å². The van der Waals surface area contributed by atoms with Crippen LogP contribution in [0.3, 0.4) is 0 Å². The van der Waals surface area contributed by atoms with Crippen molar-refractivity contribution < 1.29 is 14.7 Å². The Morgan fingerprint density at radius 1 is 1.12 bits per heavy atom. The second-order valence-electron chi connectivity index (χ2n) is 4.70. The van der Waals surface area contributed by atoms with Crippen molar-refractivity contribution in [2.75, 3.05) is 32.7 Å². The third-order valence-electron chi connectivity index (χ3n) is 3.24. The van der Waals surface area contributed by atoms with Gasteiger partial charge < -0.3 is 10.0 Å². The SMILES string of the molecule is O=C(O)CN1CCN(C(=O)CC2CC2)CC1. The van der Waals surface area contributed by atoms with Crippen LogP contribution in [0.15, 0.2) is 0 Å². The van der Waals surface area contributed by atoms with Crippen LogP contribution in [0, 0.1) is 5.92 Å². The standard InChI is InChI=1S/C11H18N2O3/c14-10(7-9-1-2-9)13-5-3-12(4-6-13)8-11(15)16/h9H,1-8H2,(H,15,16). The Morgan fingerprint density at radius 2 is 1.75 bits per heavy atom. The fourth-order valence-corrected chi connectivity index (χ4v) is 2.04. The summed E-state index contributed by atoms with van der Waals surface area (Å²) in [6, 6.07) is 0. The van der Waals surface area contributed by atoms with E-state index in [4.69, 9.17) is 5.11 Å². The van der Waals surface area contributed by atoms with E-state index in [0.29, 0.717) is 38.5 Å². The topological polar surface area (TPSA) is 60.9 Å². The summed E-state index contributed by atoms with van der Waals surface area (Å²) in [6.45, 7) is 2.81. The lowest BCUT2D eigenvalue weighted by atomic mass is 10.2. The van der Waals surface area contributed by atoms with Crippen molar-refractivity contribution in [3.8, 4) is 0 Å². The molecule has 2 rings (SSSR count). The smallest absolute Gasteiger partial charge is 0.317 e. The Morgan fingerprint density at radius 3 is 2.25 bits per heavy atom. The van der Waals surface area contributed by atoms with Gasteiger partial charge in [0.2, 0.25) is 5.91 Å². The van der Waals surface area contributed by atoms with Crippen molar-refractivity contribution in [3.05, 3.63) is 0 Å². The summed E-state index contributed by atoms with van der Waals surface area (Å²) >= 11 is 0. The number of nitrogens with zero attached hydrogens (tertiary/aromatic N) is 2. The molecule has 1 heterocycles. The molecule has 5 nitrogen and oxygen atoms in total. The first-order valence-corrected chi connectivity index (χ1v) is 5.87. The molecule has 0 aromatic carbocycles. The molecule has 1 amide bonds. The van der Waals surface area contributed by atoms with Crippen LogP contribution in [-0.2, 0) is 9.59 Å². The maximum Gasteiger partial charge on any atom is 0.317 e. The maximum absolute atomic E-state index is 11.8. The van der Waals surface area contributed by atoms with Crippen molar-refractivity contribution in [1.82, 2.24) is 9.80 Å². The molecule has 1 aliphatic carbocycles. The lowest BCUT2D eigenvalue weighted by Gasteiger charge is -2.33. The van der Waals surface area contributed by atoms with Crippen LogP contribution in [0.4, 0.5) is 0 Å². The van der Waals surface area contributed by atoms with Gasteiger partial charge in [-0.2, -0.15) is 0 Å². The van der Waals surface area contributed by atoms with Gasteiger partial charge in [0.05, 0.1) is 6.54 Å². The molecule has 0 unspecified atom stereocenters. The van der Waals surface area contributed by atoms with E-state index < -0.39 is 5.97 Å². The summed E-state index contributed by atoms with van der Waals surface area (Å²) in [5.74, 6) is 0.0831. The maximum atomic E-state index is 11.8. The molecule has 1 saturated carbocycles. The molecule has 16 heavy (non-hydrogen) atoms. The largest absolute Gasteiger partial charge is 0.480 e. The van der Waals surface area contributed by atoms with E-state index in [1.807, 2.05) is 9.80 Å². The Kier molecular flexibility index (Phi) is 3.43. The Balaban J connectivity index is 1.71. The van der Waals surface area contributed by atoms with Gasteiger partial charge in [-0.25, -0.2) is 0 Å². The molecule has 0 atom stereocenters. The predicted octanol–water partition coefficient (Wildman–Crippen LogP) is 0.0153. The highest BCUT2D eigenvalue weighted by Crippen LogP contribution is 2.32. The molecule has 5 heteroatoms. The molecule has 2 fully saturated rings. The molecule has 1 aliphatic heterocycles. The quantitative estimate of drug-likeness (QED) is 0.734. The lowest BCUT2D eigenvalue weighted by Crippen LogP contribution is -2.49. The average molecular weight is 226 g/mol. The van der Waals surface area contributed by atoms with Crippen molar-refractivity contribution in [2.45, 2.75) is 19.3 Å². The molecule has 0 radical (unpaired) electrons. The van der Waals surface area contributed by atoms with Crippen LogP contribution in [-0.4, -0.2) is 59.5 Å². The minimum Gasteiger partial charge on any atom is -0.480 e. The lowest BCUT2D eigenvalue weighted by molar-refractivity contribution is -0.139. The highest BCUT2D eigenvalue weighted by molar-refractivity contribution is 5.77. The van der Waals surface area contributed by atoms with Gasteiger partial charge in [0.25, 0.3) is 0 Å². The minimum absolute atomic E-state index is 0.0880. The summed E-state index contributed by atoms with van der Waals surface area (Å²) in [4.78, 5) is 26.0. The average Bonchev–Trinajstić information content (AvgIpc) is 3.01. The monoisotopic (exact) mass is 226 g/mol. The molecule has 1 N–H and O–H groups in total. The molecular weight excluding hydrogens is 208 g/mol. The molecule has 0 bridgehead atoms. The summed E-state index contributed by atoms with van der Waals surface area (Å²) in [6.07, 6.45) is 3.09. The highest BCUT2D eigenvalue weighted by Gasteiger charge is 2.28. The summed E-state index contributed by atoms with van der Waals surface area (Å²) in [5.41, 5.74) is 0. The van der Waals surface area contributed by atoms with Crippen LogP contribution in [0.1, 0.15) is 19.3 Å². The number of piperazine rings is 1. The summed E-state index contributed by atoms with van der Waals surface area (Å²) in [7, 11) is 0. The summed E-state index contributed by atoms with van der Waals surface area (Å²) < 4.78 is 0. The molecule has 90 valence electrons. The van der Waals surface area contributed by atoms with Crippen molar-refractivity contribution in [3.63, 3.8) is 0 Å². The molecular formula is C11H18N2O3. The van der Waals surface area contributed by atoms with E-state index in [2.05, 4.69) is 0 Å². The van der Waals surface area contributed by atoms with Crippen molar-refractivity contribution in [1.29, 1.82) is 0 Å². The Hall–Kier alpha value is -1.10. The van der Waals surface area contributed by atoms with Crippen LogP contribution >= 0.6 is 0 Å². The minimum atomic E-state index is -0.794. The zero-order valence-electron chi connectivity index (χ0n) is 9.39. The van der Waals surface area contributed by atoms with Gasteiger partial charge in [-0.1, -0.05) is 0 Å². The van der Waals surface area contributed by atoms with Crippen LogP contribution in [0.5, 0.6) is 0 Å².